The van der Waals surface area contributed by atoms with Gasteiger partial charge in [0.1, 0.15) is 5.65 Å². The molecule has 1 aliphatic heterocycles. The topological polar surface area (TPSA) is 46.8 Å². The number of carbonyl (C=O) groups is 1. The number of fused-ring (bicyclic) bond motifs is 1. The summed E-state index contributed by atoms with van der Waals surface area (Å²) in [5, 5.41) is 0. The van der Waals surface area contributed by atoms with Crippen LogP contribution in [0.25, 0.3) is 16.9 Å². The molecule has 27 heavy (non-hydrogen) atoms. The second kappa shape index (κ2) is 7.92. The summed E-state index contributed by atoms with van der Waals surface area (Å²) in [6, 6.07) is 16.4. The SMILES string of the molecule is CCOC(=O)[C@@H]1CCCN(Cc2c(-c3ccccc3)nc3ccccn23)C1. The number of ether oxygens (including phenoxy) is 1. The molecule has 1 saturated heterocycles. The van der Waals surface area contributed by atoms with Gasteiger partial charge in [0, 0.05) is 24.8 Å². The molecule has 0 N–H and O–H groups in total. The van der Waals surface area contributed by atoms with Gasteiger partial charge in [-0.15, -0.1) is 0 Å². The van der Waals surface area contributed by atoms with Crippen LogP contribution in [0.3, 0.4) is 0 Å². The number of hydrogen-bond donors (Lipinski definition) is 0. The third-order valence-corrected chi connectivity index (χ3v) is 5.17. The molecule has 2 aromatic heterocycles. The first-order chi connectivity index (χ1) is 13.3. The molecule has 4 rings (SSSR count). The van der Waals surface area contributed by atoms with Crippen molar-refractivity contribution in [2.45, 2.75) is 26.3 Å². The van der Waals surface area contributed by atoms with Gasteiger partial charge >= 0.3 is 5.97 Å². The third-order valence-electron chi connectivity index (χ3n) is 5.17. The number of rotatable bonds is 5. The fourth-order valence-corrected chi connectivity index (χ4v) is 3.89. The van der Waals surface area contributed by atoms with E-state index < -0.39 is 0 Å². The number of hydrogen-bond acceptors (Lipinski definition) is 4. The summed E-state index contributed by atoms with van der Waals surface area (Å²) in [5.74, 6) is -0.0957. The predicted octanol–water partition coefficient (Wildman–Crippen LogP) is 3.78. The van der Waals surface area contributed by atoms with Crippen LogP contribution >= 0.6 is 0 Å². The van der Waals surface area contributed by atoms with Crippen molar-refractivity contribution in [3.63, 3.8) is 0 Å². The van der Waals surface area contributed by atoms with Crippen LogP contribution in [0.4, 0.5) is 0 Å². The lowest BCUT2D eigenvalue weighted by molar-refractivity contribution is -0.150. The quantitative estimate of drug-likeness (QED) is 0.647. The number of esters is 1. The highest BCUT2D eigenvalue weighted by Gasteiger charge is 2.28. The van der Waals surface area contributed by atoms with Gasteiger partial charge in [-0.1, -0.05) is 36.4 Å². The Morgan fingerprint density at radius 1 is 1.19 bits per heavy atom. The van der Waals surface area contributed by atoms with Crippen LogP contribution in [-0.4, -0.2) is 40.0 Å². The molecule has 0 spiro atoms. The van der Waals surface area contributed by atoms with E-state index in [0.29, 0.717) is 6.61 Å². The minimum absolute atomic E-state index is 0.0296. The summed E-state index contributed by atoms with van der Waals surface area (Å²) < 4.78 is 7.41. The monoisotopic (exact) mass is 363 g/mol. The number of aromatic nitrogens is 2. The van der Waals surface area contributed by atoms with E-state index in [-0.39, 0.29) is 11.9 Å². The Morgan fingerprint density at radius 2 is 2.00 bits per heavy atom. The van der Waals surface area contributed by atoms with Crippen LogP contribution in [0, 0.1) is 5.92 Å². The van der Waals surface area contributed by atoms with Crippen LogP contribution in [0.2, 0.25) is 0 Å². The first-order valence-electron chi connectivity index (χ1n) is 9.66. The molecule has 1 fully saturated rings. The van der Waals surface area contributed by atoms with Gasteiger partial charge in [0.15, 0.2) is 0 Å². The Hall–Kier alpha value is -2.66. The van der Waals surface area contributed by atoms with Crippen LogP contribution in [0.15, 0.2) is 54.7 Å². The molecule has 0 aliphatic carbocycles. The molecule has 0 saturated carbocycles. The Morgan fingerprint density at radius 3 is 2.81 bits per heavy atom. The van der Waals surface area contributed by atoms with E-state index in [1.54, 1.807) is 0 Å². The number of carbonyl (C=O) groups excluding carboxylic acids is 1. The van der Waals surface area contributed by atoms with Crippen molar-refractivity contribution in [1.29, 1.82) is 0 Å². The van der Waals surface area contributed by atoms with Crippen molar-refractivity contribution < 1.29 is 9.53 Å². The lowest BCUT2D eigenvalue weighted by Crippen LogP contribution is -2.39. The lowest BCUT2D eigenvalue weighted by atomic mass is 9.98. The molecule has 0 bridgehead atoms. The maximum atomic E-state index is 12.2. The van der Waals surface area contributed by atoms with Gasteiger partial charge in [0.25, 0.3) is 0 Å². The predicted molar refractivity (Wildman–Crippen MR) is 105 cm³/mol. The van der Waals surface area contributed by atoms with E-state index in [2.05, 4.69) is 27.6 Å². The van der Waals surface area contributed by atoms with Crippen LogP contribution in [0.5, 0.6) is 0 Å². The minimum Gasteiger partial charge on any atom is -0.466 e. The molecule has 0 radical (unpaired) electrons. The van der Waals surface area contributed by atoms with Crippen molar-refractivity contribution in [3.8, 4) is 11.3 Å². The zero-order valence-electron chi connectivity index (χ0n) is 15.7. The van der Waals surface area contributed by atoms with E-state index in [1.165, 1.54) is 5.69 Å². The Bertz CT molecular complexity index is 920. The molecule has 5 nitrogen and oxygen atoms in total. The zero-order chi connectivity index (χ0) is 18.6. The number of pyridine rings is 1. The molecule has 1 aromatic carbocycles. The van der Waals surface area contributed by atoms with Gasteiger partial charge in [0.05, 0.1) is 23.9 Å². The molecule has 0 amide bonds. The van der Waals surface area contributed by atoms with Crippen LogP contribution in [-0.2, 0) is 16.1 Å². The Kier molecular flexibility index (Phi) is 5.21. The molecule has 5 heteroatoms. The van der Waals surface area contributed by atoms with E-state index in [9.17, 15) is 4.79 Å². The van der Waals surface area contributed by atoms with Crippen molar-refractivity contribution in [2.24, 2.45) is 5.92 Å². The van der Waals surface area contributed by atoms with Gasteiger partial charge in [0.2, 0.25) is 0 Å². The Labute approximate surface area is 159 Å². The van der Waals surface area contributed by atoms with Gasteiger partial charge in [-0.25, -0.2) is 4.98 Å². The maximum absolute atomic E-state index is 12.2. The fraction of sp³-hybridized carbons (Fsp3) is 0.364. The van der Waals surface area contributed by atoms with Crippen molar-refractivity contribution in [1.82, 2.24) is 14.3 Å². The average molecular weight is 363 g/mol. The minimum atomic E-state index is -0.0661. The van der Waals surface area contributed by atoms with Crippen molar-refractivity contribution >= 4 is 11.6 Å². The average Bonchev–Trinajstić information content (AvgIpc) is 3.08. The number of nitrogens with zero attached hydrogens (tertiary/aromatic N) is 3. The van der Waals surface area contributed by atoms with E-state index in [4.69, 9.17) is 9.72 Å². The van der Waals surface area contributed by atoms with Gasteiger partial charge in [-0.2, -0.15) is 0 Å². The summed E-state index contributed by atoms with van der Waals surface area (Å²) in [7, 11) is 0. The summed E-state index contributed by atoms with van der Waals surface area (Å²) in [5.41, 5.74) is 4.25. The molecule has 1 aliphatic rings. The molecular weight excluding hydrogens is 338 g/mol. The highest BCUT2D eigenvalue weighted by Crippen LogP contribution is 2.27. The molecule has 1 atom stereocenters. The second-order valence-corrected chi connectivity index (χ2v) is 7.03. The zero-order valence-corrected chi connectivity index (χ0v) is 15.7. The molecule has 3 heterocycles. The standard InChI is InChI=1S/C22H25N3O2/c1-2-27-22(26)18-11-8-13-24(15-18)16-19-21(17-9-4-3-5-10-17)23-20-12-6-7-14-25(19)20/h3-7,9-10,12,14,18H,2,8,11,13,15-16H2,1H3/t18-/m1/s1. The molecule has 3 aromatic rings. The van der Waals surface area contributed by atoms with E-state index in [0.717, 1.165) is 49.4 Å². The first-order valence-corrected chi connectivity index (χ1v) is 9.66. The largest absolute Gasteiger partial charge is 0.466 e. The normalized spacial score (nSPS) is 17.9. The highest BCUT2D eigenvalue weighted by atomic mass is 16.5. The number of piperidine rings is 1. The van der Waals surface area contributed by atoms with Gasteiger partial charge < -0.3 is 9.14 Å². The molecular formula is C22H25N3O2. The maximum Gasteiger partial charge on any atom is 0.310 e. The van der Waals surface area contributed by atoms with E-state index >= 15 is 0 Å². The van der Waals surface area contributed by atoms with Gasteiger partial charge in [-0.05, 0) is 38.4 Å². The van der Waals surface area contributed by atoms with E-state index in [1.807, 2.05) is 43.3 Å². The highest BCUT2D eigenvalue weighted by molar-refractivity contribution is 5.72. The first kappa shape index (κ1) is 17.7. The number of likely N-dealkylation sites (tertiary alicyclic amines) is 1. The number of benzene rings is 1. The Balaban J connectivity index is 1.64. The number of imidazole rings is 1. The summed E-state index contributed by atoms with van der Waals surface area (Å²) in [4.78, 5) is 19.4. The van der Waals surface area contributed by atoms with Crippen LogP contribution < -0.4 is 0 Å². The lowest BCUT2D eigenvalue weighted by Gasteiger charge is -2.31. The smallest absolute Gasteiger partial charge is 0.310 e. The fourth-order valence-electron chi connectivity index (χ4n) is 3.89. The summed E-state index contributed by atoms with van der Waals surface area (Å²) in [6.07, 6.45) is 3.99. The summed E-state index contributed by atoms with van der Waals surface area (Å²) in [6.45, 7) is 4.81. The van der Waals surface area contributed by atoms with Crippen LogP contribution in [0.1, 0.15) is 25.5 Å². The third kappa shape index (κ3) is 3.74. The summed E-state index contributed by atoms with van der Waals surface area (Å²) >= 11 is 0. The van der Waals surface area contributed by atoms with Gasteiger partial charge in [-0.3, -0.25) is 9.69 Å². The van der Waals surface area contributed by atoms with Crippen molar-refractivity contribution in [2.75, 3.05) is 19.7 Å². The molecule has 0 unspecified atom stereocenters. The van der Waals surface area contributed by atoms with Crippen molar-refractivity contribution in [3.05, 3.63) is 60.4 Å². The second-order valence-electron chi connectivity index (χ2n) is 7.03. The molecule has 140 valence electrons.